The molecule has 0 spiro atoms. The van der Waals surface area contributed by atoms with E-state index in [9.17, 15) is 9.18 Å². The molecule has 0 fully saturated rings. The molecule has 0 saturated carbocycles. The third-order valence-corrected chi connectivity index (χ3v) is 3.98. The molecule has 0 bridgehead atoms. The van der Waals surface area contributed by atoms with E-state index >= 15 is 0 Å². The van der Waals surface area contributed by atoms with Gasteiger partial charge >= 0.3 is 0 Å². The first-order chi connectivity index (χ1) is 11.5. The zero-order valence-corrected chi connectivity index (χ0v) is 13.8. The van der Waals surface area contributed by atoms with Crippen LogP contribution in [0, 0.1) is 12.7 Å². The first-order valence-electron chi connectivity index (χ1n) is 7.24. The van der Waals surface area contributed by atoms with E-state index in [1.165, 1.54) is 11.0 Å². The number of amides is 1. The molecule has 1 heterocycles. The van der Waals surface area contributed by atoms with Gasteiger partial charge in [-0.2, -0.15) is 0 Å². The number of aryl methyl sites for hydroxylation is 1. The van der Waals surface area contributed by atoms with Crippen LogP contribution in [0.1, 0.15) is 16.1 Å². The molecule has 3 rings (SSSR count). The van der Waals surface area contributed by atoms with Crippen LogP contribution in [-0.2, 0) is 0 Å². The topological polar surface area (TPSA) is 46.3 Å². The second kappa shape index (κ2) is 6.45. The van der Waals surface area contributed by atoms with Crippen molar-refractivity contribution in [1.82, 2.24) is 5.16 Å². The zero-order chi connectivity index (χ0) is 17.3. The Labute approximate surface area is 143 Å². The predicted octanol–water partition coefficient (Wildman–Crippen LogP) is 4.72. The molecule has 0 radical (unpaired) electrons. The lowest BCUT2D eigenvalue weighted by atomic mass is 10.0. The molecule has 0 N–H and O–H groups in total. The lowest BCUT2D eigenvalue weighted by molar-refractivity contribution is 0.0992. The number of aromatic nitrogens is 1. The smallest absolute Gasteiger partial charge is 0.263 e. The Balaban J connectivity index is 2.03. The van der Waals surface area contributed by atoms with Gasteiger partial charge < -0.3 is 9.42 Å². The van der Waals surface area contributed by atoms with Gasteiger partial charge in [-0.3, -0.25) is 4.79 Å². The van der Waals surface area contributed by atoms with Gasteiger partial charge in [-0.1, -0.05) is 28.9 Å². The van der Waals surface area contributed by atoms with Gasteiger partial charge in [0.15, 0.2) is 0 Å². The van der Waals surface area contributed by atoms with E-state index < -0.39 is 5.82 Å². The van der Waals surface area contributed by atoms with Crippen molar-refractivity contribution in [2.24, 2.45) is 0 Å². The Morgan fingerprint density at radius 1 is 1.17 bits per heavy atom. The highest BCUT2D eigenvalue weighted by Gasteiger charge is 2.26. The highest BCUT2D eigenvalue weighted by Crippen LogP contribution is 2.29. The summed E-state index contributed by atoms with van der Waals surface area (Å²) >= 11 is 5.87. The van der Waals surface area contributed by atoms with Crippen LogP contribution in [0.5, 0.6) is 0 Å². The second-order valence-corrected chi connectivity index (χ2v) is 5.72. The molecule has 0 aliphatic carbocycles. The molecule has 24 heavy (non-hydrogen) atoms. The lowest BCUT2D eigenvalue weighted by Crippen LogP contribution is -2.27. The number of carbonyl (C=O) groups excluding carboxylic acids is 1. The molecule has 0 aliphatic rings. The number of halogens is 2. The van der Waals surface area contributed by atoms with Gasteiger partial charge in [0.25, 0.3) is 5.91 Å². The quantitative estimate of drug-likeness (QED) is 0.690. The van der Waals surface area contributed by atoms with Crippen LogP contribution in [0.15, 0.2) is 53.1 Å². The van der Waals surface area contributed by atoms with Crippen LogP contribution in [-0.4, -0.2) is 18.1 Å². The fourth-order valence-corrected chi connectivity index (χ4v) is 2.54. The van der Waals surface area contributed by atoms with Crippen LogP contribution >= 0.6 is 11.6 Å². The number of benzene rings is 2. The van der Waals surface area contributed by atoms with Gasteiger partial charge in [0, 0.05) is 23.3 Å². The van der Waals surface area contributed by atoms with Crippen LogP contribution in [0.3, 0.4) is 0 Å². The van der Waals surface area contributed by atoms with Crippen molar-refractivity contribution in [2.45, 2.75) is 6.92 Å². The average Bonchev–Trinajstić information content (AvgIpc) is 2.96. The minimum absolute atomic E-state index is 0.191. The zero-order valence-electron chi connectivity index (χ0n) is 13.1. The monoisotopic (exact) mass is 344 g/mol. The Kier molecular flexibility index (Phi) is 4.36. The van der Waals surface area contributed by atoms with E-state index in [-0.39, 0.29) is 22.7 Å². The Hall–Kier alpha value is -2.66. The Morgan fingerprint density at radius 2 is 1.83 bits per heavy atom. The van der Waals surface area contributed by atoms with Crippen molar-refractivity contribution in [3.63, 3.8) is 0 Å². The van der Waals surface area contributed by atoms with Gasteiger partial charge in [-0.15, -0.1) is 0 Å². The number of rotatable bonds is 3. The van der Waals surface area contributed by atoms with E-state index in [4.69, 9.17) is 16.1 Å². The summed E-state index contributed by atoms with van der Waals surface area (Å²) in [7, 11) is 1.63. The van der Waals surface area contributed by atoms with Crippen LogP contribution in [0.4, 0.5) is 10.1 Å². The molecular weight excluding hydrogens is 331 g/mol. The van der Waals surface area contributed by atoms with Crippen molar-refractivity contribution in [3.8, 4) is 11.3 Å². The highest BCUT2D eigenvalue weighted by molar-refractivity contribution is 6.30. The minimum atomic E-state index is -0.464. The summed E-state index contributed by atoms with van der Waals surface area (Å²) in [6.45, 7) is 1.63. The third-order valence-electron chi connectivity index (χ3n) is 3.72. The standard InChI is InChI=1S/C18H14ClFN2O2/c1-11-16(17(21-24-11)14-5-3-4-6-15(14)20)18(23)22(2)13-9-7-12(19)8-10-13/h3-10H,1-2H3. The summed E-state index contributed by atoms with van der Waals surface area (Å²) < 4.78 is 19.2. The summed E-state index contributed by atoms with van der Waals surface area (Å²) in [4.78, 5) is 14.3. The minimum Gasteiger partial charge on any atom is -0.360 e. The summed E-state index contributed by atoms with van der Waals surface area (Å²) in [5.74, 6) is -0.470. The highest BCUT2D eigenvalue weighted by atomic mass is 35.5. The van der Waals surface area contributed by atoms with E-state index in [1.54, 1.807) is 56.4 Å². The summed E-state index contributed by atoms with van der Waals surface area (Å²) in [5.41, 5.74) is 1.31. The normalized spacial score (nSPS) is 10.7. The molecule has 0 saturated heterocycles. The summed E-state index contributed by atoms with van der Waals surface area (Å²) in [6.07, 6.45) is 0. The maximum Gasteiger partial charge on any atom is 0.263 e. The Bertz CT molecular complexity index is 890. The van der Waals surface area contributed by atoms with Gasteiger partial charge in [0.05, 0.1) is 0 Å². The van der Waals surface area contributed by atoms with Crippen molar-refractivity contribution in [1.29, 1.82) is 0 Å². The molecule has 0 unspecified atom stereocenters. The van der Waals surface area contributed by atoms with Crippen LogP contribution < -0.4 is 4.90 Å². The number of hydrogen-bond acceptors (Lipinski definition) is 3. The number of hydrogen-bond donors (Lipinski definition) is 0. The van der Waals surface area contributed by atoms with Crippen molar-refractivity contribution in [3.05, 3.63) is 70.7 Å². The summed E-state index contributed by atoms with van der Waals surface area (Å²) in [6, 6.07) is 13.0. The van der Waals surface area contributed by atoms with Crippen molar-refractivity contribution in [2.75, 3.05) is 11.9 Å². The van der Waals surface area contributed by atoms with Crippen molar-refractivity contribution >= 4 is 23.2 Å². The number of nitrogens with zero attached hydrogens (tertiary/aromatic N) is 2. The molecule has 1 aromatic heterocycles. The van der Waals surface area contributed by atoms with Gasteiger partial charge in [0.1, 0.15) is 22.8 Å². The molecule has 3 aromatic rings. The molecule has 0 atom stereocenters. The number of carbonyl (C=O) groups is 1. The largest absolute Gasteiger partial charge is 0.360 e. The molecule has 4 nitrogen and oxygen atoms in total. The first-order valence-corrected chi connectivity index (χ1v) is 7.61. The van der Waals surface area contributed by atoms with Crippen LogP contribution in [0.25, 0.3) is 11.3 Å². The maximum absolute atomic E-state index is 14.1. The molecule has 122 valence electrons. The molecule has 2 aromatic carbocycles. The van der Waals surface area contributed by atoms with Gasteiger partial charge in [-0.05, 0) is 43.3 Å². The van der Waals surface area contributed by atoms with E-state index in [2.05, 4.69) is 5.16 Å². The van der Waals surface area contributed by atoms with E-state index in [0.29, 0.717) is 16.5 Å². The maximum atomic E-state index is 14.1. The van der Waals surface area contributed by atoms with E-state index in [0.717, 1.165) is 0 Å². The Morgan fingerprint density at radius 3 is 2.50 bits per heavy atom. The summed E-state index contributed by atoms with van der Waals surface area (Å²) in [5, 5.41) is 4.45. The van der Waals surface area contributed by atoms with Crippen molar-refractivity contribution < 1.29 is 13.7 Å². The lowest BCUT2D eigenvalue weighted by Gasteiger charge is -2.17. The predicted molar refractivity (Wildman–Crippen MR) is 90.8 cm³/mol. The fraction of sp³-hybridized carbons (Fsp3) is 0.111. The molecule has 6 heteroatoms. The molecule has 0 aliphatic heterocycles. The second-order valence-electron chi connectivity index (χ2n) is 5.28. The number of anilines is 1. The van der Waals surface area contributed by atoms with Gasteiger partial charge in [-0.25, -0.2) is 4.39 Å². The first kappa shape index (κ1) is 16.2. The van der Waals surface area contributed by atoms with Crippen LogP contribution in [0.2, 0.25) is 5.02 Å². The van der Waals surface area contributed by atoms with Gasteiger partial charge in [0.2, 0.25) is 0 Å². The fourth-order valence-electron chi connectivity index (χ4n) is 2.41. The third kappa shape index (κ3) is 2.90. The average molecular weight is 345 g/mol. The molecular formula is C18H14ClFN2O2. The molecule has 1 amide bonds. The SMILES string of the molecule is Cc1onc(-c2ccccc2F)c1C(=O)N(C)c1ccc(Cl)cc1. The van der Waals surface area contributed by atoms with E-state index in [1.807, 2.05) is 0 Å².